The van der Waals surface area contributed by atoms with Gasteiger partial charge in [0, 0.05) is 12.2 Å². The molecule has 0 aromatic rings. The number of nitriles is 1. The molecule has 0 fully saturated rings. The number of allylic oxidation sites excluding steroid dienone is 2. The third kappa shape index (κ3) is 3.63. The highest BCUT2D eigenvalue weighted by molar-refractivity contribution is 5.31. The summed E-state index contributed by atoms with van der Waals surface area (Å²) in [7, 11) is 0. The van der Waals surface area contributed by atoms with Crippen LogP contribution in [-0.2, 0) is 0 Å². The monoisotopic (exact) mass is 163 g/mol. The van der Waals surface area contributed by atoms with Crippen LogP contribution >= 0.6 is 0 Å². The lowest BCUT2D eigenvalue weighted by Gasteiger charge is -2.04. The molecule has 0 aromatic carbocycles. The summed E-state index contributed by atoms with van der Waals surface area (Å²) in [6, 6.07) is 1.84. The van der Waals surface area contributed by atoms with E-state index >= 15 is 0 Å². The van der Waals surface area contributed by atoms with Gasteiger partial charge in [0.2, 0.25) is 0 Å². The summed E-state index contributed by atoms with van der Waals surface area (Å²) in [4.78, 5) is 3.09. The van der Waals surface area contributed by atoms with E-state index in [0.717, 1.165) is 19.4 Å². The van der Waals surface area contributed by atoms with Gasteiger partial charge in [-0.25, -0.2) is 10.1 Å². The molecule has 0 aliphatic carbocycles. The van der Waals surface area contributed by atoms with E-state index in [4.69, 9.17) is 11.8 Å². The van der Waals surface area contributed by atoms with Gasteiger partial charge in [0.15, 0.2) is 0 Å². The first-order chi connectivity index (χ1) is 5.76. The lowest BCUT2D eigenvalue weighted by Crippen LogP contribution is -2.13. The van der Waals surface area contributed by atoms with Crippen molar-refractivity contribution in [2.75, 3.05) is 6.54 Å². The molecule has 0 aliphatic heterocycles. The third-order valence-corrected chi connectivity index (χ3v) is 1.49. The highest BCUT2D eigenvalue weighted by atomic mass is 14.9. The van der Waals surface area contributed by atoms with Crippen molar-refractivity contribution >= 4 is 0 Å². The molecule has 0 atom stereocenters. The molecular formula is C9H13N3. The smallest absolute Gasteiger partial charge is 0.279 e. The number of unbranched alkanes of at least 4 members (excludes halogenated alkanes) is 1. The van der Waals surface area contributed by atoms with Crippen molar-refractivity contribution in [2.24, 2.45) is 0 Å². The van der Waals surface area contributed by atoms with Crippen LogP contribution in [0.3, 0.4) is 0 Å². The lowest BCUT2D eigenvalue weighted by atomic mass is 10.3. The van der Waals surface area contributed by atoms with Gasteiger partial charge in [-0.1, -0.05) is 13.3 Å². The molecule has 12 heavy (non-hydrogen) atoms. The second kappa shape index (κ2) is 6.24. The number of hydrogen-bond acceptors (Lipinski definition) is 2. The van der Waals surface area contributed by atoms with E-state index in [1.54, 1.807) is 6.92 Å². The summed E-state index contributed by atoms with van der Waals surface area (Å²) >= 11 is 0. The van der Waals surface area contributed by atoms with Gasteiger partial charge < -0.3 is 5.32 Å². The Hall–Kier alpha value is -1.48. The second-order valence-electron chi connectivity index (χ2n) is 2.48. The molecule has 0 aliphatic rings. The van der Waals surface area contributed by atoms with Crippen LogP contribution < -0.4 is 5.32 Å². The summed E-state index contributed by atoms with van der Waals surface area (Å²) in [6.07, 6.45) is 2.17. The highest BCUT2D eigenvalue weighted by Gasteiger charge is 1.98. The maximum atomic E-state index is 8.49. The largest absolute Gasteiger partial charge is 0.397 e. The molecule has 0 spiro atoms. The van der Waals surface area contributed by atoms with Crippen LogP contribution in [-0.4, -0.2) is 6.54 Å². The van der Waals surface area contributed by atoms with Crippen molar-refractivity contribution in [2.45, 2.75) is 26.7 Å². The van der Waals surface area contributed by atoms with E-state index in [9.17, 15) is 0 Å². The molecule has 0 saturated carbocycles. The fourth-order valence-electron chi connectivity index (χ4n) is 0.729. The lowest BCUT2D eigenvalue weighted by molar-refractivity contribution is 0.708. The molecule has 0 rings (SSSR count). The van der Waals surface area contributed by atoms with Gasteiger partial charge in [-0.15, -0.1) is 0 Å². The Morgan fingerprint density at radius 3 is 2.75 bits per heavy atom. The molecule has 3 heteroatoms. The average Bonchev–Trinajstić information content (AvgIpc) is 2.07. The first-order valence-corrected chi connectivity index (χ1v) is 3.98. The van der Waals surface area contributed by atoms with Crippen LogP contribution in [0.2, 0.25) is 0 Å². The van der Waals surface area contributed by atoms with Gasteiger partial charge in [0.25, 0.3) is 5.70 Å². The highest BCUT2D eigenvalue weighted by Crippen LogP contribution is 2.00. The quantitative estimate of drug-likeness (QED) is 0.391. The molecule has 1 N–H and O–H groups in total. The van der Waals surface area contributed by atoms with E-state index in [1.807, 2.05) is 6.07 Å². The summed E-state index contributed by atoms with van der Waals surface area (Å²) in [5.74, 6) is 0. The van der Waals surface area contributed by atoms with Crippen LogP contribution in [0.1, 0.15) is 26.7 Å². The summed E-state index contributed by atoms with van der Waals surface area (Å²) in [6.45, 7) is 11.4. The van der Waals surface area contributed by atoms with E-state index in [0.29, 0.717) is 5.70 Å². The Labute approximate surface area is 73.5 Å². The molecule has 0 aromatic heterocycles. The van der Waals surface area contributed by atoms with Crippen molar-refractivity contribution in [1.29, 1.82) is 5.26 Å². The fourth-order valence-corrected chi connectivity index (χ4v) is 0.729. The van der Waals surface area contributed by atoms with Crippen molar-refractivity contribution in [1.82, 2.24) is 5.32 Å². The zero-order valence-electron chi connectivity index (χ0n) is 7.52. The van der Waals surface area contributed by atoms with Crippen LogP contribution in [0.25, 0.3) is 4.85 Å². The average molecular weight is 163 g/mol. The van der Waals surface area contributed by atoms with E-state index in [2.05, 4.69) is 17.1 Å². The zero-order chi connectivity index (χ0) is 9.40. The van der Waals surface area contributed by atoms with Gasteiger partial charge >= 0.3 is 0 Å². The Morgan fingerprint density at radius 2 is 2.33 bits per heavy atom. The molecule has 64 valence electrons. The molecule has 0 radical (unpaired) electrons. The molecular weight excluding hydrogens is 150 g/mol. The Kier molecular flexibility index (Phi) is 5.47. The van der Waals surface area contributed by atoms with Gasteiger partial charge in [-0.3, -0.25) is 0 Å². The van der Waals surface area contributed by atoms with E-state index in [1.165, 1.54) is 0 Å². The zero-order valence-corrected chi connectivity index (χ0v) is 7.52. The number of nitrogens with one attached hydrogen (secondary N) is 1. The van der Waals surface area contributed by atoms with Gasteiger partial charge in [-0.2, -0.15) is 0 Å². The Morgan fingerprint density at radius 1 is 1.67 bits per heavy atom. The normalized spacial score (nSPS) is 11.0. The van der Waals surface area contributed by atoms with Crippen molar-refractivity contribution < 1.29 is 0 Å². The summed E-state index contributed by atoms with van der Waals surface area (Å²) in [5, 5.41) is 11.5. The van der Waals surface area contributed by atoms with Crippen LogP contribution in [0.4, 0.5) is 0 Å². The minimum atomic E-state index is 0.158. The summed E-state index contributed by atoms with van der Waals surface area (Å²) < 4.78 is 0. The molecule has 3 nitrogen and oxygen atoms in total. The topological polar surface area (TPSA) is 40.2 Å². The van der Waals surface area contributed by atoms with Crippen LogP contribution in [0.5, 0.6) is 0 Å². The minimum absolute atomic E-state index is 0.158. The van der Waals surface area contributed by atoms with Crippen molar-refractivity contribution in [3.8, 4) is 6.07 Å². The van der Waals surface area contributed by atoms with Crippen molar-refractivity contribution in [3.05, 3.63) is 22.8 Å². The predicted octanol–water partition coefficient (Wildman–Crippen LogP) is 2.05. The first kappa shape index (κ1) is 10.5. The molecule has 0 heterocycles. The third-order valence-electron chi connectivity index (χ3n) is 1.49. The minimum Gasteiger partial charge on any atom is -0.397 e. The van der Waals surface area contributed by atoms with Crippen LogP contribution in [0, 0.1) is 17.9 Å². The molecule has 0 bridgehead atoms. The first-order valence-electron chi connectivity index (χ1n) is 3.98. The number of nitrogens with zero attached hydrogens (tertiary/aromatic N) is 2. The summed E-state index contributed by atoms with van der Waals surface area (Å²) in [5.41, 5.74) is 0.840. The number of rotatable bonds is 4. The fraction of sp³-hybridized carbons (Fsp3) is 0.556. The van der Waals surface area contributed by atoms with Gasteiger partial charge in [-0.05, 0) is 13.3 Å². The molecule has 0 saturated heterocycles. The van der Waals surface area contributed by atoms with Gasteiger partial charge in [0.05, 0.1) is 12.6 Å². The van der Waals surface area contributed by atoms with Gasteiger partial charge in [0.1, 0.15) is 0 Å². The predicted molar refractivity (Wildman–Crippen MR) is 47.8 cm³/mol. The second-order valence-corrected chi connectivity index (χ2v) is 2.48. The molecule has 0 unspecified atom stereocenters. The van der Waals surface area contributed by atoms with Crippen LogP contribution in [0.15, 0.2) is 11.4 Å². The Balaban J connectivity index is 4.02. The van der Waals surface area contributed by atoms with Crippen molar-refractivity contribution in [3.63, 3.8) is 0 Å². The Bertz CT molecular complexity index is 223. The number of hydrogen-bond donors (Lipinski definition) is 1. The maximum absolute atomic E-state index is 8.49. The maximum Gasteiger partial charge on any atom is 0.279 e. The molecule has 0 amide bonds. The standard InChI is InChI=1S/C9H13N3/c1-4-5-6-12-8(2)9(7-10)11-3/h12H,4-6H2,1-2H3/b9-8-. The van der Waals surface area contributed by atoms with E-state index in [-0.39, 0.29) is 5.70 Å². The van der Waals surface area contributed by atoms with E-state index < -0.39 is 0 Å². The SMILES string of the molecule is [C-]#[N+]/C(C#N)=C(/C)NCCCC.